The van der Waals surface area contributed by atoms with Crippen molar-refractivity contribution in [2.75, 3.05) is 13.1 Å². The zero-order chi connectivity index (χ0) is 19.1. The van der Waals surface area contributed by atoms with Gasteiger partial charge in [0.05, 0.1) is 11.1 Å². The first-order chi connectivity index (χ1) is 12.9. The number of fused-ring (bicyclic) bond motifs is 1. The van der Waals surface area contributed by atoms with Crippen LogP contribution >= 0.6 is 11.3 Å². The number of aromatic hydroxyl groups is 1. The van der Waals surface area contributed by atoms with Gasteiger partial charge in [-0.25, -0.2) is 0 Å². The number of likely N-dealkylation sites (tertiary alicyclic amines) is 1. The van der Waals surface area contributed by atoms with Gasteiger partial charge in [0.1, 0.15) is 11.5 Å². The van der Waals surface area contributed by atoms with Crippen LogP contribution in [-0.2, 0) is 6.54 Å². The van der Waals surface area contributed by atoms with Gasteiger partial charge in [0.2, 0.25) is 5.78 Å². The van der Waals surface area contributed by atoms with E-state index in [1.807, 2.05) is 24.4 Å². The number of benzene rings is 1. The molecular weight excluding hydrogens is 358 g/mol. The SMILES string of the molecule is Cc1ccsc1/C=C1\Oc2c(ccc(O)c2CN2C[C@@H](C)C[C@H](C)C2)C1=O. The number of phenols is 1. The van der Waals surface area contributed by atoms with Crippen molar-refractivity contribution < 1.29 is 14.6 Å². The van der Waals surface area contributed by atoms with Crippen molar-refractivity contribution in [2.45, 2.75) is 33.7 Å². The van der Waals surface area contributed by atoms with E-state index >= 15 is 0 Å². The summed E-state index contributed by atoms with van der Waals surface area (Å²) in [6.07, 6.45) is 3.05. The average Bonchev–Trinajstić information content (AvgIpc) is 3.14. The number of allylic oxidation sites excluding steroid dienone is 1. The molecule has 0 saturated carbocycles. The number of carbonyl (C=O) groups excluding carboxylic acids is 1. The Morgan fingerprint density at radius 3 is 2.67 bits per heavy atom. The summed E-state index contributed by atoms with van der Waals surface area (Å²) in [4.78, 5) is 16.2. The summed E-state index contributed by atoms with van der Waals surface area (Å²) in [5.74, 6) is 2.20. The summed E-state index contributed by atoms with van der Waals surface area (Å²) in [5, 5.41) is 12.5. The van der Waals surface area contributed by atoms with E-state index < -0.39 is 0 Å². The second kappa shape index (κ2) is 7.13. The van der Waals surface area contributed by atoms with Crippen molar-refractivity contribution in [1.29, 1.82) is 0 Å². The molecule has 2 atom stereocenters. The quantitative estimate of drug-likeness (QED) is 0.769. The summed E-state index contributed by atoms with van der Waals surface area (Å²) in [6, 6.07) is 5.31. The van der Waals surface area contributed by atoms with Crippen LogP contribution in [0.2, 0.25) is 0 Å². The minimum Gasteiger partial charge on any atom is -0.507 e. The van der Waals surface area contributed by atoms with E-state index in [0.717, 1.165) is 23.5 Å². The smallest absolute Gasteiger partial charge is 0.232 e. The molecule has 0 radical (unpaired) electrons. The van der Waals surface area contributed by atoms with E-state index in [2.05, 4.69) is 18.7 Å². The first-order valence-corrected chi connectivity index (χ1v) is 10.4. The number of nitrogens with zero attached hydrogens (tertiary/aromatic N) is 1. The van der Waals surface area contributed by atoms with Crippen molar-refractivity contribution >= 4 is 23.2 Å². The summed E-state index contributed by atoms with van der Waals surface area (Å²) in [7, 11) is 0. The second-order valence-electron chi connectivity index (χ2n) is 7.99. The Hall–Kier alpha value is -2.11. The highest BCUT2D eigenvalue weighted by Crippen LogP contribution is 2.41. The molecular formula is C22H25NO3S. The number of hydrogen-bond acceptors (Lipinski definition) is 5. The zero-order valence-electron chi connectivity index (χ0n) is 16.0. The van der Waals surface area contributed by atoms with Gasteiger partial charge < -0.3 is 9.84 Å². The number of thiophene rings is 1. The van der Waals surface area contributed by atoms with Gasteiger partial charge in [-0.05, 0) is 54.3 Å². The molecule has 1 aromatic heterocycles. The van der Waals surface area contributed by atoms with E-state index in [1.165, 1.54) is 6.42 Å². The molecule has 1 fully saturated rings. The van der Waals surface area contributed by atoms with Gasteiger partial charge >= 0.3 is 0 Å². The van der Waals surface area contributed by atoms with Crippen LogP contribution < -0.4 is 4.74 Å². The summed E-state index contributed by atoms with van der Waals surface area (Å²) >= 11 is 1.59. The van der Waals surface area contributed by atoms with Gasteiger partial charge in [-0.15, -0.1) is 11.3 Å². The molecule has 5 heteroatoms. The predicted octanol–water partition coefficient (Wildman–Crippen LogP) is 4.86. The number of hydrogen-bond donors (Lipinski definition) is 1. The molecule has 2 aromatic rings. The second-order valence-corrected chi connectivity index (χ2v) is 8.94. The van der Waals surface area contributed by atoms with E-state index in [1.54, 1.807) is 23.5 Å². The van der Waals surface area contributed by atoms with Gasteiger partial charge in [0.25, 0.3) is 0 Å². The van der Waals surface area contributed by atoms with Crippen LogP contribution in [0.4, 0.5) is 0 Å². The largest absolute Gasteiger partial charge is 0.507 e. The Morgan fingerprint density at radius 1 is 1.26 bits per heavy atom. The molecule has 0 amide bonds. The maximum Gasteiger partial charge on any atom is 0.232 e. The van der Waals surface area contributed by atoms with Crippen LogP contribution in [0.15, 0.2) is 29.3 Å². The predicted molar refractivity (Wildman–Crippen MR) is 108 cm³/mol. The maximum absolute atomic E-state index is 12.8. The van der Waals surface area contributed by atoms with Gasteiger partial charge in [0.15, 0.2) is 5.76 Å². The Labute approximate surface area is 164 Å². The number of phenolic OH excluding ortho intramolecular Hbond substituents is 1. The molecule has 0 spiro atoms. The van der Waals surface area contributed by atoms with E-state index in [-0.39, 0.29) is 11.5 Å². The number of rotatable bonds is 3. The third kappa shape index (κ3) is 3.54. The van der Waals surface area contributed by atoms with Crippen molar-refractivity contribution in [3.8, 4) is 11.5 Å². The molecule has 2 aliphatic heterocycles. The van der Waals surface area contributed by atoms with E-state index in [9.17, 15) is 9.90 Å². The lowest BCUT2D eigenvalue weighted by molar-refractivity contribution is 0.101. The number of aryl methyl sites for hydroxylation is 1. The normalized spacial score (nSPS) is 24.3. The lowest BCUT2D eigenvalue weighted by Crippen LogP contribution is -2.38. The topological polar surface area (TPSA) is 49.8 Å². The maximum atomic E-state index is 12.8. The molecule has 1 aromatic carbocycles. The minimum absolute atomic E-state index is 0.112. The van der Waals surface area contributed by atoms with E-state index in [0.29, 0.717) is 41.0 Å². The molecule has 142 valence electrons. The van der Waals surface area contributed by atoms with Gasteiger partial charge in [-0.3, -0.25) is 9.69 Å². The fourth-order valence-corrected chi connectivity index (χ4v) is 5.09. The third-order valence-electron chi connectivity index (χ3n) is 5.41. The van der Waals surface area contributed by atoms with Crippen LogP contribution in [-0.4, -0.2) is 28.9 Å². The Morgan fingerprint density at radius 2 is 2.00 bits per heavy atom. The van der Waals surface area contributed by atoms with Crippen LogP contribution in [0.1, 0.15) is 46.6 Å². The average molecular weight is 384 g/mol. The van der Waals surface area contributed by atoms with E-state index in [4.69, 9.17) is 4.74 Å². The lowest BCUT2D eigenvalue weighted by atomic mass is 9.91. The minimum atomic E-state index is -0.112. The first-order valence-electron chi connectivity index (χ1n) is 9.48. The molecule has 1 N–H and O–H groups in total. The van der Waals surface area contributed by atoms with Gasteiger partial charge in [0, 0.05) is 30.6 Å². The standard InChI is InChI=1S/C22H25NO3S/c1-13-8-14(2)11-23(10-13)12-17-18(24)5-4-16-21(25)19(26-22(16)17)9-20-15(3)6-7-27-20/h4-7,9,13-14,24H,8,10-12H2,1-3H3/b19-9-/t13-,14-/m0/s1. The molecule has 1 saturated heterocycles. The lowest BCUT2D eigenvalue weighted by Gasteiger charge is -2.35. The highest BCUT2D eigenvalue weighted by atomic mass is 32.1. The first kappa shape index (κ1) is 18.3. The number of carbonyl (C=O) groups is 1. The van der Waals surface area contributed by atoms with Crippen molar-refractivity contribution in [2.24, 2.45) is 11.8 Å². The molecule has 4 nitrogen and oxygen atoms in total. The Balaban J connectivity index is 1.65. The van der Waals surface area contributed by atoms with Crippen molar-refractivity contribution in [1.82, 2.24) is 4.90 Å². The molecule has 27 heavy (non-hydrogen) atoms. The van der Waals surface area contributed by atoms with Crippen LogP contribution in [0.25, 0.3) is 6.08 Å². The summed E-state index contributed by atoms with van der Waals surface area (Å²) < 4.78 is 5.99. The van der Waals surface area contributed by atoms with Crippen molar-refractivity contribution in [3.63, 3.8) is 0 Å². The fraction of sp³-hybridized carbons (Fsp3) is 0.409. The zero-order valence-corrected chi connectivity index (χ0v) is 16.8. The highest BCUT2D eigenvalue weighted by molar-refractivity contribution is 7.11. The number of Topliss-reactive ketones (excluding diaryl/α,β-unsaturated/α-hetero) is 1. The number of piperidine rings is 1. The fourth-order valence-electron chi connectivity index (χ4n) is 4.25. The third-order valence-corrected chi connectivity index (χ3v) is 6.37. The number of ether oxygens (including phenoxy) is 1. The highest BCUT2D eigenvalue weighted by Gasteiger charge is 2.32. The molecule has 0 bridgehead atoms. The van der Waals surface area contributed by atoms with Gasteiger partial charge in [-0.2, -0.15) is 0 Å². The Bertz CT molecular complexity index is 904. The molecule has 2 aliphatic rings. The molecule has 3 heterocycles. The van der Waals surface area contributed by atoms with Gasteiger partial charge in [-0.1, -0.05) is 13.8 Å². The molecule has 0 aliphatic carbocycles. The number of ketones is 1. The summed E-state index contributed by atoms with van der Waals surface area (Å²) in [5.41, 5.74) is 2.38. The monoisotopic (exact) mass is 383 g/mol. The molecule has 0 unspecified atom stereocenters. The summed E-state index contributed by atoms with van der Waals surface area (Å²) in [6.45, 7) is 9.15. The molecule has 4 rings (SSSR count). The van der Waals surface area contributed by atoms with Crippen LogP contribution in [0.3, 0.4) is 0 Å². The van der Waals surface area contributed by atoms with Crippen LogP contribution in [0.5, 0.6) is 11.5 Å². The van der Waals surface area contributed by atoms with Crippen molar-refractivity contribution in [3.05, 3.63) is 50.9 Å². The Kier molecular flexibility index (Phi) is 4.82. The van der Waals surface area contributed by atoms with Crippen LogP contribution in [0, 0.1) is 18.8 Å².